The molecule has 0 radical (unpaired) electrons. The summed E-state index contributed by atoms with van der Waals surface area (Å²) in [7, 11) is 0. The molecule has 1 aromatic carbocycles. The second-order valence-corrected chi connectivity index (χ2v) is 5.13. The lowest BCUT2D eigenvalue weighted by molar-refractivity contribution is -0.138. The van der Waals surface area contributed by atoms with E-state index in [0.717, 1.165) is 5.56 Å². The van der Waals surface area contributed by atoms with E-state index in [1.165, 1.54) is 11.8 Å². The second-order valence-electron chi connectivity index (χ2n) is 4.16. The van der Waals surface area contributed by atoms with Gasteiger partial charge >= 0.3 is 12.0 Å². The highest BCUT2D eigenvalue weighted by molar-refractivity contribution is 8.14. The van der Waals surface area contributed by atoms with Crippen molar-refractivity contribution in [2.24, 2.45) is 10.7 Å². The summed E-state index contributed by atoms with van der Waals surface area (Å²) in [6, 6.07) is 8.48. The maximum atomic E-state index is 11.1. The molecule has 6 nitrogen and oxygen atoms in total. The van der Waals surface area contributed by atoms with Gasteiger partial charge in [-0.15, -0.1) is 0 Å². The Hall–Kier alpha value is -2.02. The van der Waals surface area contributed by atoms with Crippen LogP contribution in [0.15, 0.2) is 35.3 Å². The number of aliphatic carboxylic acids is 1. The van der Waals surface area contributed by atoms with Crippen LogP contribution in [0.25, 0.3) is 0 Å². The maximum Gasteiger partial charge on any atom is 0.318 e. The zero-order valence-corrected chi connectivity index (χ0v) is 10.8. The molecule has 4 N–H and O–H groups in total. The van der Waals surface area contributed by atoms with Gasteiger partial charge in [0.2, 0.25) is 0 Å². The Kier molecular flexibility index (Phi) is 3.75. The third-order valence-electron chi connectivity index (χ3n) is 2.75. The Balaban J connectivity index is 2.35. The van der Waals surface area contributed by atoms with Gasteiger partial charge in [0.1, 0.15) is 5.54 Å². The molecule has 0 aromatic heterocycles. The van der Waals surface area contributed by atoms with Gasteiger partial charge in [-0.1, -0.05) is 42.1 Å². The molecule has 19 heavy (non-hydrogen) atoms. The van der Waals surface area contributed by atoms with E-state index < -0.39 is 17.5 Å². The van der Waals surface area contributed by atoms with Crippen LogP contribution in [0.2, 0.25) is 0 Å². The van der Waals surface area contributed by atoms with Crippen molar-refractivity contribution in [3.63, 3.8) is 0 Å². The smallest absolute Gasteiger partial charge is 0.318 e. The van der Waals surface area contributed by atoms with Crippen LogP contribution in [0.5, 0.6) is 0 Å². The molecule has 0 spiro atoms. The number of carboxylic acid groups (broad SMARTS) is 1. The highest BCUT2D eigenvalue weighted by Crippen LogP contribution is 2.39. The van der Waals surface area contributed by atoms with Gasteiger partial charge in [0.25, 0.3) is 0 Å². The van der Waals surface area contributed by atoms with Gasteiger partial charge < -0.3 is 10.8 Å². The summed E-state index contributed by atoms with van der Waals surface area (Å²) in [5.41, 5.74) is 5.00. The van der Waals surface area contributed by atoms with Crippen LogP contribution in [0.3, 0.4) is 0 Å². The fourth-order valence-corrected chi connectivity index (χ4v) is 3.08. The summed E-state index contributed by atoms with van der Waals surface area (Å²) in [6.45, 7) is 0. The lowest BCUT2D eigenvalue weighted by Gasteiger charge is -2.23. The highest BCUT2D eigenvalue weighted by atomic mass is 32.2. The fourth-order valence-electron chi connectivity index (χ4n) is 1.96. The molecule has 2 amide bonds. The van der Waals surface area contributed by atoms with Crippen molar-refractivity contribution >= 4 is 28.9 Å². The molecule has 1 unspecified atom stereocenters. The Labute approximate surface area is 114 Å². The number of nitrogens with two attached hydrogens (primary N) is 1. The van der Waals surface area contributed by atoms with E-state index in [-0.39, 0.29) is 6.42 Å². The standard InChI is InChI=1S/C12H13N3O3S/c13-10(18)14-11-15-12(7-19-11,6-9(16)17)8-4-2-1-3-5-8/h1-5H,6-7H2,(H,16,17)(H3,13,14,15,18). The molecule has 0 aliphatic carbocycles. The number of carboxylic acids is 1. The predicted octanol–water partition coefficient (Wildman–Crippen LogP) is 1.13. The Morgan fingerprint density at radius 3 is 2.68 bits per heavy atom. The first-order chi connectivity index (χ1) is 9.02. The third kappa shape index (κ3) is 3.05. The summed E-state index contributed by atoms with van der Waals surface area (Å²) in [5, 5.41) is 11.8. The minimum Gasteiger partial charge on any atom is -0.481 e. The molecule has 1 atom stereocenters. The number of nitrogens with one attached hydrogen (secondary N) is 1. The first kappa shape index (κ1) is 13.4. The van der Waals surface area contributed by atoms with Crippen LogP contribution in [0.1, 0.15) is 12.0 Å². The number of hydrogen-bond acceptors (Lipinski definition) is 4. The van der Waals surface area contributed by atoms with Gasteiger partial charge in [-0.2, -0.15) is 0 Å². The SMILES string of the molecule is NC(=O)NC1=NC(CC(=O)O)(c2ccccc2)CS1. The minimum absolute atomic E-state index is 0.131. The van der Waals surface area contributed by atoms with Gasteiger partial charge in [-0.05, 0) is 5.56 Å². The molecule has 1 aliphatic heterocycles. The number of carbonyl (C=O) groups excluding carboxylic acids is 1. The normalized spacial score (nSPS) is 21.8. The van der Waals surface area contributed by atoms with Crippen molar-refractivity contribution < 1.29 is 14.7 Å². The van der Waals surface area contributed by atoms with Gasteiger partial charge in [-0.3, -0.25) is 10.1 Å². The number of amidine groups is 1. The van der Waals surface area contributed by atoms with Crippen molar-refractivity contribution in [3.8, 4) is 0 Å². The lowest BCUT2D eigenvalue weighted by Crippen LogP contribution is -2.33. The molecule has 0 bridgehead atoms. The number of rotatable bonds is 3. The molecular formula is C12H13N3O3S. The molecule has 1 heterocycles. The van der Waals surface area contributed by atoms with E-state index in [0.29, 0.717) is 10.9 Å². The van der Waals surface area contributed by atoms with Crippen LogP contribution in [0.4, 0.5) is 4.79 Å². The molecule has 1 aromatic rings. The predicted molar refractivity (Wildman–Crippen MR) is 73.0 cm³/mol. The molecule has 7 heteroatoms. The van der Waals surface area contributed by atoms with Crippen molar-refractivity contribution in [2.45, 2.75) is 12.0 Å². The minimum atomic E-state index is -0.937. The maximum absolute atomic E-state index is 11.1. The van der Waals surface area contributed by atoms with Crippen LogP contribution in [-0.2, 0) is 10.3 Å². The second kappa shape index (κ2) is 5.31. The summed E-state index contributed by atoms with van der Waals surface area (Å²) >= 11 is 1.29. The Bertz CT molecular complexity index is 532. The molecule has 1 aliphatic rings. The van der Waals surface area contributed by atoms with Crippen molar-refractivity contribution in [2.75, 3.05) is 5.75 Å². The van der Waals surface area contributed by atoms with Gasteiger partial charge in [0.15, 0.2) is 5.17 Å². The largest absolute Gasteiger partial charge is 0.481 e. The summed E-state index contributed by atoms with van der Waals surface area (Å²) in [5.74, 6) is -0.479. The van der Waals surface area contributed by atoms with Crippen LogP contribution in [-0.4, -0.2) is 28.0 Å². The number of carbonyl (C=O) groups is 2. The summed E-state index contributed by atoms with van der Waals surface area (Å²) < 4.78 is 0. The molecular weight excluding hydrogens is 266 g/mol. The molecule has 100 valence electrons. The van der Waals surface area contributed by atoms with Crippen LogP contribution < -0.4 is 11.1 Å². The van der Waals surface area contributed by atoms with Crippen LogP contribution >= 0.6 is 11.8 Å². The monoisotopic (exact) mass is 279 g/mol. The van der Waals surface area contributed by atoms with Crippen molar-refractivity contribution in [3.05, 3.63) is 35.9 Å². The number of thioether (sulfide) groups is 1. The average Bonchev–Trinajstić information content (AvgIpc) is 2.73. The highest BCUT2D eigenvalue weighted by Gasteiger charge is 2.39. The zero-order chi connectivity index (χ0) is 13.9. The number of hydrogen-bond donors (Lipinski definition) is 3. The van der Waals surface area contributed by atoms with E-state index in [4.69, 9.17) is 10.8 Å². The van der Waals surface area contributed by atoms with Gasteiger partial charge in [0.05, 0.1) is 6.42 Å². The lowest BCUT2D eigenvalue weighted by atomic mass is 9.89. The van der Waals surface area contributed by atoms with Crippen LogP contribution in [0, 0.1) is 0 Å². The molecule has 2 rings (SSSR count). The fraction of sp³-hybridized carbons (Fsp3) is 0.250. The number of nitrogens with zero attached hydrogens (tertiary/aromatic N) is 1. The first-order valence-electron chi connectivity index (χ1n) is 5.58. The number of benzene rings is 1. The van der Waals surface area contributed by atoms with E-state index in [1.807, 2.05) is 30.3 Å². The number of amides is 2. The van der Waals surface area contributed by atoms with E-state index >= 15 is 0 Å². The van der Waals surface area contributed by atoms with E-state index in [2.05, 4.69) is 10.3 Å². The molecule has 0 saturated carbocycles. The van der Waals surface area contributed by atoms with E-state index in [9.17, 15) is 9.59 Å². The molecule has 0 saturated heterocycles. The molecule has 0 fully saturated rings. The summed E-state index contributed by atoms with van der Waals surface area (Å²) in [6.07, 6.45) is -0.131. The quantitative estimate of drug-likeness (QED) is 0.771. The topological polar surface area (TPSA) is 105 Å². The number of urea groups is 1. The average molecular weight is 279 g/mol. The van der Waals surface area contributed by atoms with Gasteiger partial charge in [-0.25, -0.2) is 9.79 Å². The van der Waals surface area contributed by atoms with Crippen molar-refractivity contribution in [1.29, 1.82) is 0 Å². The van der Waals surface area contributed by atoms with E-state index in [1.54, 1.807) is 0 Å². The Morgan fingerprint density at radius 2 is 2.11 bits per heavy atom. The van der Waals surface area contributed by atoms with Crippen molar-refractivity contribution in [1.82, 2.24) is 5.32 Å². The first-order valence-corrected chi connectivity index (χ1v) is 6.57. The zero-order valence-electron chi connectivity index (χ0n) is 10.00. The van der Waals surface area contributed by atoms with Gasteiger partial charge in [0, 0.05) is 5.75 Å². The third-order valence-corrected chi connectivity index (χ3v) is 3.84. The Morgan fingerprint density at radius 1 is 1.42 bits per heavy atom. The number of aliphatic imine (C=N–C) groups is 1. The number of primary amides is 1. The summed E-state index contributed by atoms with van der Waals surface area (Å²) in [4.78, 5) is 26.3.